The lowest BCUT2D eigenvalue weighted by molar-refractivity contribution is 0.562. The Morgan fingerprint density at radius 2 is 2.04 bits per heavy atom. The van der Waals surface area contributed by atoms with Crippen molar-refractivity contribution in [1.29, 1.82) is 0 Å². The van der Waals surface area contributed by atoms with Crippen molar-refractivity contribution in [3.8, 4) is 0 Å². The molecule has 7 heteroatoms. The van der Waals surface area contributed by atoms with Crippen LogP contribution in [0.4, 0.5) is 10.1 Å². The molecule has 0 bridgehead atoms. The van der Waals surface area contributed by atoms with Crippen LogP contribution in [0.15, 0.2) is 40.7 Å². The molecule has 26 heavy (non-hydrogen) atoms. The van der Waals surface area contributed by atoms with Crippen LogP contribution in [-0.2, 0) is 13.0 Å². The number of aliphatic imine (C=N–C) groups is 1. The van der Waals surface area contributed by atoms with Gasteiger partial charge in [0.05, 0.1) is 5.69 Å². The summed E-state index contributed by atoms with van der Waals surface area (Å²) in [6.07, 6.45) is 1.05. The zero-order chi connectivity index (χ0) is 18.2. The molecule has 0 fully saturated rings. The quantitative estimate of drug-likeness (QED) is 0.349. The van der Waals surface area contributed by atoms with Gasteiger partial charge >= 0.3 is 0 Å². The number of thiophene rings is 1. The Labute approximate surface area is 176 Å². The van der Waals surface area contributed by atoms with E-state index in [4.69, 9.17) is 0 Å². The normalized spacial score (nSPS) is 12.3. The van der Waals surface area contributed by atoms with Gasteiger partial charge in [-0.15, -0.1) is 35.3 Å². The zero-order valence-corrected chi connectivity index (χ0v) is 18.9. The number of halogens is 2. The molecule has 0 radical (unpaired) electrons. The van der Waals surface area contributed by atoms with E-state index in [0.29, 0.717) is 18.2 Å². The van der Waals surface area contributed by atoms with Crippen molar-refractivity contribution < 1.29 is 4.39 Å². The average Bonchev–Trinajstić information content (AvgIpc) is 3.07. The molecule has 0 aliphatic rings. The molecule has 0 amide bonds. The Balaban J connectivity index is 0.00000338. The number of nitrogens with one attached hydrogen (secondary N) is 2. The largest absolute Gasteiger partial charge is 0.375 e. The minimum atomic E-state index is -0.211. The van der Waals surface area contributed by atoms with Crippen molar-refractivity contribution in [2.24, 2.45) is 10.9 Å². The highest BCUT2D eigenvalue weighted by Gasteiger charge is 2.08. The minimum absolute atomic E-state index is 0. The van der Waals surface area contributed by atoms with Gasteiger partial charge in [0.1, 0.15) is 5.82 Å². The Morgan fingerprint density at radius 1 is 1.27 bits per heavy atom. The summed E-state index contributed by atoms with van der Waals surface area (Å²) in [5.74, 6) is 1.03. The molecule has 4 nitrogen and oxygen atoms in total. The van der Waals surface area contributed by atoms with E-state index < -0.39 is 0 Å². The molecule has 0 aliphatic heterocycles. The maximum Gasteiger partial charge on any atom is 0.191 e. The standard InChI is InChI=1S/C19H27FN4S.HI/c1-14(10-16-6-5-9-25-16)12-22-19(21-2)23-13-15-7-8-18(24(3)4)17(20)11-15;/h5-9,11,14H,10,12-13H2,1-4H3,(H2,21,22,23);1H. The number of rotatable bonds is 7. The van der Waals surface area contributed by atoms with E-state index in [1.165, 1.54) is 4.88 Å². The topological polar surface area (TPSA) is 39.7 Å². The molecule has 0 spiro atoms. The summed E-state index contributed by atoms with van der Waals surface area (Å²) in [5.41, 5.74) is 1.48. The van der Waals surface area contributed by atoms with Crippen molar-refractivity contribution in [3.05, 3.63) is 52.0 Å². The first-order valence-electron chi connectivity index (χ1n) is 8.42. The fraction of sp³-hybridized carbons (Fsp3) is 0.421. The molecule has 1 unspecified atom stereocenters. The zero-order valence-electron chi connectivity index (χ0n) is 15.8. The second-order valence-corrected chi connectivity index (χ2v) is 7.41. The summed E-state index contributed by atoms with van der Waals surface area (Å²) in [5, 5.41) is 8.68. The van der Waals surface area contributed by atoms with Crippen molar-refractivity contribution >= 4 is 47.0 Å². The van der Waals surface area contributed by atoms with Gasteiger partial charge in [-0.1, -0.05) is 19.1 Å². The van der Waals surface area contributed by atoms with Crippen molar-refractivity contribution in [2.75, 3.05) is 32.6 Å². The van der Waals surface area contributed by atoms with Crippen LogP contribution in [0, 0.1) is 11.7 Å². The van der Waals surface area contributed by atoms with Crippen LogP contribution in [0.2, 0.25) is 0 Å². The number of benzene rings is 1. The number of hydrogen-bond acceptors (Lipinski definition) is 3. The number of guanidine groups is 1. The highest BCUT2D eigenvalue weighted by Crippen LogP contribution is 2.18. The van der Waals surface area contributed by atoms with Crippen LogP contribution in [0.5, 0.6) is 0 Å². The summed E-state index contributed by atoms with van der Waals surface area (Å²) in [7, 11) is 5.41. The summed E-state index contributed by atoms with van der Waals surface area (Å²) >= 11 is 1.79. The van der Waals surface area contributed by atoms with Crippen LogP contribution in [0.25, 0.3) is 0 Å². The predicted molar refractivity (Wildman–Crippen MR) is 122 cm³/mol. The molecule has 1 aromatic heterocycles. The third-order valence-corrected chi connectivity index (χ3v) is 4.82. The third kappa shape index (κ3) is 7.11. The van der Waals surface area contributed by atoms with Crippen LogP contribution >= 0.6 is 35.3 Å². The SMILES string of the molecule is CN=C(NCc1ccc(N(C)C)c(F)c1)NCC(C)Cc1cccs1.I. The second kappa shape index (κ2) is 11.4. The van der Waals surface area contributed by atoms with Gasteiger partial charge in [0.2, 0.25) is 0 Å². The van der Waals surface area contributed by atoms with E-state index in [2.05, 4.69) is 40.1 Å². The van der Waals surface area contributed by atoms with Gasteiger partial charge in [-0.25, -0.2) is 4.39 Å². The Hall–Kier alpha value is -1.35. The first-order chi connectivity index (χ1) is 12.0. The van der Waals surface area contributed by atoms with E-state index in [-0.39, 0.29) is 29.8 Å². The fourth-order valence-electron chi connectivity index (χ4n) is 2.54. The van der Waals surface area contributed by atoms with E-state index in [0.717, 1.165) is 24.5 Å². The third-order valence-electron chi connectivity index (χ3n) is 3.93. The van der Waals surface area contributed by atoms with Gasteiger partial charge in [0, 0.05) is 39.1 Å². The summed E-state index contributed by atoms with van der Waals surface area (Å²) in [4.78, 5) is 7.40. The van der Waals surface area contributed by atoms with Crippen LogP contribution in [-0.4, -0.2) is 33.6 Å². The highest BCUT2D eigenvalue weighted by atomic mass is 127. The molecule has 0 saturated carbocycles. The molecule has 2 N–H and O–H groups in total. The highest BCUT2D eigenvalue weighted by molar-refractivity contribution is 14.0. The van der Waals surface area contributed by atoms with Crippen LogP contribution in [0.3, 0.4) is 0 Å². The average molecular weight is 490 g/mol. The van der Waals surface area contributed by atoms with Gasteiger partial charge < -0.3 is 15.5 Å². The van der Waals surface area contributed by atoms with Gasteiger partial charge in [-0.2, -0.15) is 0 Å². The maximum atomic E-state index is 14.0. The summed E-state index contributed by atoms with van der Waals surface area (Å²) in [6.45, 7) is 3.59. The molecule has 1 atom stereocenters. The minimum Gasteiger partial charge on any atom is -0.375 e. The smallest absolute Gasteiger partial charge is 0.191 e. The lowest BCUT2D eigenvalue weighted by Gasteiger charge is -2.17. The molecule has 144 valence electrons. The molecular weight excluding hydrogens is 462 g/mol. The second-order valence-electron chi connectivity index (χ2n) is 6.38. The number of nitrogens with zero attached hydrogens (tertiary/aromatic N) is 2. The van der Waals surface area contributed by atoms with Gasteiger partial charge in [0.15, 0.2) is 5.96 Å². The molecule has 2 aromatic rings. The lowest BCUT2D eigenvalue weighted by atomic mass is 10.1. The Morgan fingerprint density at radius 3 is 2.62 bits per heavy atom. The predicted octanol–water partition coefficient (Wildman–Crippen LogP) is 4.12. The molecule has 2 rings (SSSR count). The van der Waals surface area contributed by atoms with Gasteiger partial charge in [-0.3, -0.25) is 4.99 Å². The molecule has 1 heterocycles. The van der Waals surface area contributed by atoms with Crippen molar-refractivity contribution in [3.63, 3.8) is 0 Å². The monoisotopic (exact) mass is 490 g/mol. The molecule has 1 aromatic carbocycles. The maximum absolute atomic E-state index is 14.0. The van der Waals surface area contributed by atoms with E-state index in [1.807, 2.05) is 20.2 Å². The van der Waals surface area contributed by atoms with Crippen LogP contribution in [0.1, 0.15) is 17.4 Å². The van der Waals surface area contributed by atoms with Crippen molar-refractivity contribution in [1.82, 2.24) is 10.6 Å². The van der Waals surface area contributed by atoms with E-state index in [9.17, 15) is 4.39 Å². The summed E-state index contributed by atoms with van der Waals surface area (Å²) < 4.78 is 14.0. The molecule has 0 saturated heterocycles. The van der Waals surface area contributed by atoms with Crippen LogP contribution < -0.4 is 15.5 Å². The Bertz CT molecular complexity index is 689. The number of hydrogen-bond donors (Lipinski definition) is 2. The van der Waals surface area contributed by atoms with E-state index in [1.54, 1.807) is 35.4 Å². The molecular formula is C19H28FIN4S. The van der Waals surface area contributed by atoms with Crippen molar-refractivity contribution in [2.45, 2.75) is 19.9 Å². The Kier molecular flexibility index (Phi) is 9.93. The number of anilines is 1. The first kappa shape index (κ1) is 22.7. The van der Waals surface area contributed by atoms with E-state index >= 15 is 0 Å². The van der Waals surface area contributed by atoms with Gasteiger partial charge in [0.25, 0.3) is 0 Å². The first-order valence-corrected chi connectivity index (χ1v) is 9.30. The molecule has 0 aliphatic carbocycles. The fourth-order valence-corrected chi connectivity index (χ4v) is 3.41. The lowest BCUT2D eigenvalue weighted by Crippen LogP contribution is -2.39. The van der Waals surface area contributed by atoms with Gasteiger partial charge in [-0.05, 0) is 41.5 Å². The summed E-state index contributed by atoms with van der Waals surface area (Å²) in [6, 6.07) is 9.54.